The van der Waals surface area contributed by atoms with Crippen LogP contribution in [0.3, 0.4) is 0 Å². The molecule has 0 bridgehead atoms. The Kier molecular flexibility index (Phi) is 4.28. The van der Waals surface area contributed by atoms with Gasteiger partial charge in [0.05, 0.1) is 5.39 Å². The first-order chi connectivity index (χ1) is 10.2. The largest absolute Gasteiger partial charge is 0.368 e. The van der Waals surface area contributed by atoms with E-state index in [1.165, 1.54) is 0 Å². The van der Waals surface area contributed by atoms with Crippen molar-refractivity contribution in [2.24, 2.45) is 0 Å². The molecule has 3 rings (SSSR count). The summed E-state index contributed by atoms with van der Waals surface area (Å²) in [6, 6.07) is 2.17. The topological polar surface area (TPSA) is 91.0 Å². The molecule has 0 radical (unpaired) electrons. The lowest BCUT2D eigenvalue weighted by molar-refractivity contribution is -0.122. The summed E-state index contributed by atoms with van der Waals surface area (Å²) in [7, 11) is 0. The van der Waals surface area contributed by atoms with E-state index in [1.54, 1.807) is 17.7 Å². The molecule has 1 fully saturated rings. The summed E-state index contributed by atoms with van der Waals surface area (Å²) in [6.07, 6.45) is 2.36. The molecule has 0 spiro atoms. The van der Waals surface area contributed by atoms with Crippen LogP contribution in [0.15, 0.2) is 17.8 Å². The van der Waals surface area contributed by atoms with Gasteiger partial charge in [-0.3, -0.25) is 10.2 Å². The van der Waals surface area contributed by atoms with Crippen LogP contribution in [-0.2, 0) is 4.79 Å². The van der Waals surface area contributed by atoms with E-state index in [-0.39, 0.29) is 11.9 Å². The number of carbonyl (C=O) groups is 1. The van der Waals surface area contributed by atoms with E-state index in [0.717, 1.165) is 22.5 Å². The van der Waals surface area contributed by atoms with Crippen molar-refractivity contribution in [1.82, 2.24) is 26.1 Å². The second kappa shape index (κ2) is 6.33. The van der Waals surface area contributed by atoms with Crippen LogP contribution in [0.2, 0.25) is 0 Å². The highest BCUT2D eigenvalue weighted by molar-refractivity contribution is 7.16. The summed E-state index contributed by atoms with van der Waals surface area (Å²) in [5, 5.41) is 9.16. The minimum atomic E-state index is -0.150. The van der Waals surface area contributed by atoms with Crippen molar-refractivity contribution < 1.29 is 4.79 Å². The molecule has 0 saturated carbocycles. The maximum absolute atomic E-state index is 11.9. The van der Waals surface area contributed by atoms with Gasteiger partial charge in [0.1, 0.15) is 23.0 Å². The Labute approximate surface area is 126 Å². The number of hydrogen-bond acceptors (Lipinski definition) is 7. The highest BCUT2D eigenvalue weighted by atomic mass is 32.1. The normalized spacial score (nSPS) is 21.6. The monoisotopic (exact) mass is 306 g/mol. The Morgan fingerprint density at radius 3 is 3.14 bits per heavy atom. The van der Waals surface area contributed by atoms with Crippen LogP contribution in [-0.4, -0.2) is 41.0 Å². The first-order valence-electron chi connectivity index (χ1n) is 6.95. The molecule has 1 aliphatic rings. The maximum atomic E-state index is 11.9. The van der Waals surface area contributed by atoms with Gasteiger partial charge in [0.2, 0.25) is 5.91 Å². The van der Waals surface area contributed by atoms with Crippen LogP contribution in [0, 0.1) is 0 Å². The summed E-state index contributed by atoms with van der Waals surface area (Å²) in [5.74, 6) is 0.835. The molecule has 0 aromatic carbocycles. The summed E-state index contributed by atoms with van der Waals surface area (Å²) in [6.45, 7) is 3.23. The molecule has 1 saturated heterocycles. The van der Waals surface area contributed by atoms with Crippen molar-refractivity contribution in [1.29, 1.82) is 0 Å². The van der Waals surface area contributed by atoms with Gasteiger partial charge in [-0.1, -0.05) is 0 Å². The van der Waals surface area contributed by atoms with Gasteiger partial charge in [-0.05, 0) is 24.8 Å². The number of hydrazine groups is 1. The lowest BCUT2D eigenvalue weighted by atomic mass is 10.1. The van der Waals surface area contributed by atoms with Crippen molar-refractivity contribution in [3.63, 3.8) is 0 Å². The van der Waals surface area contributed by atoms with E-state index < -0.39 is 0 Å². The number of amides is 1. The second-order valence-corrected chi connectivity index (χ2v) is 5.95. The molecule has 0 aliphatic carbocycles. The van der Waals surface area contributed by atoms with E-state index in [4.69, 9.17) is 0 Å². The number of aromatic nitrogens is 2. The molecule has 7 nitrogen and oxygen atoms in total. The average Bonchev–Trinajstić information content (AvgIpc) is 3.12. The van der Waals surface area contributed by atoms with Gasteiger partial charge in [0.25, 0.3) is 0 Å². The van der Waals surface area contributed by atoms with Crippen molar-refractivity contribution in [3.05, 3.63) is 17.8 Å². The van der Waals surface area contributed by atoms with Gasteiger partial charge >= 0.3 is 0 Å². The molecular weight excluding hydrogens is 288 g/mol. The summed E-state index contributed by atoms with van der Waals surface area (Å²) in [4.78, 5) is 21.3. The van der Waals surface area contributed by atoms with Crippen LogP contribution >= 0.6 is 11.3 Å². The molecule has 2 aromatic heterocycles. The SMILES string of the molecule is CC1CC(C(=O)NCCNc2ncnc3sccc23)NN1. The zero-order valence-electron chi connectivity index (χ0n) is 11.7. The van der Waals surface area contributed by atoms with E-state index in [2.05, 4.69) is 31.5 Å². The number of nitrogens with zero attached hydrogens (tertiary/aromatic N) is 2. The number of hydrogen-bond donors (Lipinski definition) is 4. The Hall–Kier alpha value is -1.77. The summed E-state index contributed by atoms with van der Waals surface area (Å²) < 4.78 is 0. The minimum absolute atomic E-state index is 0.0250. The Balaban J connectivity index is 1.46. The second-order valence-electron chi connectivity index (χ2n) is 5.06. The Bertz CT molecular complexity index is 630. The molecule has 4 N–H and O–H groups in total. The van der Waals surface area contributed by atoms with Crippen LogP contribution < -0.4 is 21.5 Å². The Morgan fingerprint density at radius 1 is 1.43 bits per heavy atom. The Morgan fingerprint density at radius 2 is 2.33 bits per heavy atom. The predicted octanol–water partition coefficient (Wildman–Crippen LogP) is 0.474. The van der Waals surface area contributed by atoms with Crippen LogP contribution in [0.4, 0.5) is 5.82 Å². The number of anilines is 1. The van der Waals surface area contributed by atoms with Crippen molar-refractivity contribution in [2.45, 2.75) is 25.4 Å². The quantitative estimate of drug-likeness (QED) is 0.601. The smallest absolute Gasteiger partial charge is 0.238 e. The van der Waals surface area contributed by atoms with Crippen molar-refractivity contribution in [3.8, 4) is 0 Å². The standard InChI is InChI=1S/C13H18N6OS/c1-8-6-10(19-18-8)12(20)15-4-3-14-11-9-2-5-21-13(9)17-7-16-11/h2,5,7-8,10,18-19H,3-4,6H2,1H3,(H,15,20)(H,14,16,17). The summed E-state index contributed by atoms with van der Waals surface area (Å²) in [5.41, 5.74) is 6.03. The summed E-state index contributed by atoms with van der Waals surface area (Å²) >= 11 is 1.59. The molecule has 8 heteroatoms. The predicted molar refractivity (Wildman–Crippen MR) is 83.1 cm³/mol. The average molecular weight is 306 g/mol. The highest BCUT2D eigenvalue weighted by Gasteiger charge is 2.25. The number of rotatable bonds is 5. The molecular formula is C13H18N6OS. The fourth-order valence-corrected chi connectivity index (χ4v) is 3.04. The number of fused-ring (bicyclic) bond motifs is 1. The fraction of sp³-hybridized carbons (Fsp3) is 0.462. The maximum Gasteiger partial charge on any atom is 0.238 e. The molecule has 1 aliphatic heterocycles. The highest BCUT2D eigenvalue weighted by Crippen LogP contribution is 2.23. The number of carbonyl (C=O) groups excluding carboxylic acids is 1. The lowest BCUT2D eigenvalue weighted by Crippen LogP contribution is -2.44. The van der Waals surface area contributed by atoms with Gasteiger partial charge in [-0.15, -0.1) is 11.3 Å². The fourth-order valence-electron chi connectivity index (χ4n) is 2.31. The van der Waals surface area contributed by atoms with Gasteiger partial charge < -0.3 is 10.6 Å². The van der Waals surface area contributed by atoms with Crippen LogP contribution in [0.1, 0.15) is 13.3 Å². The molecule has 1 amide bonds. The van der Waals surface area contributed by atoms with E-state index in [0.29, 0.717) is 19.1 Å². The van der Waals surface area contributed by atoms with Crippen LogP contribution in [0.5, 0.6) is 0 Å². The van der Waals surface area contributed by atoms with Gasteiger partial charge in [0.15, 0.2) is 0 Å². The molecule has 2 atom stereocenters. The van der Waals surface area contributed by atoms with Gasteiger partial charge in [0, 0.05) is 19.1 Å². The number of thiophene rings is 1. The third kappa shape index (κ3) is 3.29. The third-order valence-corrected chi connectivity index (χ3v) is 4.21. The van der Waals surface area contributed by atoms with E-state index in [1.807, 2.05) is 18.4 Å². The molecule has 112 valence electrons. The van der Waals surface area contributed by atoms with Crippen LogP contribution in [0.25, 0.3) is 10.2 Å². The number of nitrogens with one attached hydrogen (secondary N) is 4. The minimum Gasteiger partial charge on any atom is -0.368 e. The lowest BCUT2D eigenvalue weighted by Gasteiger charge is -2.11. The van der Waals surface area contributed by atoms with Gasteiger partial charge in [-0.2, -0.15) is 0 Å². The zero-order valence-corrected chi connectivity index (χ0v) is 12.5. The first-order valence-corrected chi connectivity index (χ1v) is 7.83. The molecule has 3 heterocycles. The third-order valence-electron chi connectivity index (χ3n) is 3.39. The van der Waals surface area contributed by atoms with Gasteiger partial charge in [-0.25, -0.2) is 15.4 Å². The van der Waals surface area contributed by atoms with E-state index in [9.17, 15) is 4.79 Å². The molecule has 2 unspecified atom stereocenters. The first kappa shape index (κ1) is 14.2. The molecule has 21 heavy (non-hydrogen) atoms. The molecule has 2 aromatic rings. The van der Waals surface area contributed by atoms with Crippen molar-refractivity contribution >= 4 is 33.3 Å². The zero-order chi connectivity index (χ0) is 14.7. The van der Waals surface area contributed by atoms with Crippen molar-refractivity contribution in [2.75, 3.05) is 18.4 Å². The van der Waals surface area contributed by atoms with E-state index >= 15 is 0 Å².